The number of hydrogen-bond donors (Lipinski definition) is 1. The second kappa shape index (κ2) is 9.39. The van der Waals surface area contributed by atoms with Crippen molar-refractivity contribution in [3.63, 3.8) is 0 Å². The smallest absolute Gasteiger partial charge is 0.127 e. The van der Waals surface area contributed by atoms with Crippen LogP contribution >= 0.6 is 12.6 Å². The summed E-state index contributed by atoms with van der Waals surface area (Å²) < 4.78 is 16.8. The van der Waals surface area contributed by atoms with Gasteiger partial charge in [-0.05, 0) is 54.4 Å². The molecule has 0 aliphatic carbocycles. The first-order valence-corrected chi connectivity index (χ1v) is 9.67. The van der Waals surface area contributed by atoms with Crippen molar-refractivity contribution in [3.8, 4) is 28.4 Å². The van der Waals surface area contributed by atoms with Crippen molar-refractivity contribution in [2.75, 3.05) is 7.11 Å². The fourth-order valence-electron chi connectivity index (χ4n) is 2.69. The van der Waals surface area contributed by atoms with Gasteiger partial charge in [0.1, 0.15) is 29.1 Å². The second-order valence-corrected chi connectivity index (χ2v) is 7.13. The van der Waals surface area contributed by atoms with Crippen molar-refractivity contribution >= 4 is 18.4 Å². The van der Waals surface area contributed by atoms with Crippen LogP contribution < -0.4 is 14.2 Å². The molecule has 0 aliphatic rings. The van der Waals surface area contributed by atoms with E-state index in [1.807, 2.05) is 79.7 Å². The molecule has 0 N–H and O–H groups in total. The Labute approximate surface area is 177 Å². The lowest BCUT2D eigenvalue weighted by Crippen LogP contribution is -2.10. The third kappa shape index (κ3) is 5.46. The average Bonchev–Trinajstić information content (AvgIpc) is 2.75. The van der Waals surface area contributed by atoms with Gasteiger partial charge in [-0.2, -0.15) is 0 Å². The van der Waals surface area contributed by atoms with Gasteiger partial charge in [-0.1, -0.05) is 49.6 Å². The molecule has 0 aromatic heterocycles. The molecular weight excluding hydrogens is 380 g/mol. The molecule has 3 nitrogen and oxygen atoms in total. The third-order valence-electron chi connectivity index (χ3n) is 4.48. The molecule has 0 fully saturated rings. The molecule has 3 aromatic carbocycles. The minimum Gasteiger partial charge on any atom is -0.497 e. The molecule has 0 heterocycles. The zero-order chi connectivity index (χ0) is 20.8. The Balaban J connectivity index is 1.63. The van der Waals surface area contributed by atoms with Crippen LogP contribution in [0.3, 0.4) is 0 Å². The van der Waals surface area contributed by atoms with Gasteiger partial charge in [0.05, 0.1) is 7.11 Å². The summed E-state index contributed by atoms with van der Waals surface area (Å²) in [6, 6.07) is 23.5. The summed E-state index contributed by atoms with van der Waals surface area (Å²) in [7, 11) is 1.66. The normalized spacial score (nSPS) is 11.4. The zero-order valence-corrected chi connectivity index (χ0v) is 17.5. The molecule has 0 amide bonds. The lowest BCUT2D eigenvalue weighted by Gasteiger charge is -2.14. The van der Waals surface area contributed by atoms with Crippen LogP contribution in [0.15, 0.2) is 90.9 Å². The van der Waals surface area contributed by atoms with Crippen molar-refractivity contribution < 1.29 is 14.2 Å². The first-order chi connectivity index (χ1) is 14.0. The molecule has 4 heteroatoms. The van der Waals surface area contributed by atoms with Crippen LogP contribution in [-0.4, -0.2) is 13.2 Å². The maximum Gasteiger partial charge on any atom is 0.127 e. The van der Waals surface area contributed by atoms with Gasteiger partial charge in [-0.15, -0.1) is 12.6 Å². The molecule has 0 spiro atoms. The minimum atomic E-state index is -0.163. The van der Waals surface area contributed by atoms with Crippen molar-refractivity contribution in [3.05, 3.63) is 96.4 Å². The molecule has 0 bridgehead atoms. The Morgan fingerprint density at radius 1 is 0.759 bits per heavy atom. The van der Waals surface area contributed by atoms with Gasteiger partial charge >= 0.3 is 0 Å². The van der Waals surface area contributed by atoms with Crippen LogP contribution in [-0.2, 0) is 0 Å². The van der Waals surface area contributed by atoms with Crippen molar-refractivity contribution in [2.45, 2.75) is 13.0 Å². The fraction of sp³-hybridized carbons (Fsp3) is 0.120. The molecule has 3 rings (SSSR count). The van der Waals surface area contributed by atoms with E-state index in [9.17, 15) is 0 Å². The van der Waals surface area contributed by atoms with Gasteiger partial charge in [0.15, 0.2) is 0 Å². The third-order valence-corrected chi connectivity index (χ3v) is 4.84. The quantitative estimate of drug-likeness (QED) is 0.338. The maximum absolute atomic E-state index is 5.88. The number of methoxy groups -OCH3 is 1. The highest BCUT2D eigenvalue weighted by Gasteiger charge is 2.07. The van der Waals surface area contributed by atoms with Crippen LogP contribution in [0.4, 0.5) is 0 Å². The molecule has 0 radical (unpaired) electrons. The van der Waals surface area contributed by atoms with E-state index in [0.29, 0.717) is 16.4 Å². The Morgan fingerprint density at radius 2 is 1.24 bits per heavy atom. The first-order valence-electron chi connectivity index (χ1n) is 9.22. The Kier molecular flexibility index (Phi) is 6.68. The summed E-state index contributed by atoms with van der Waals surface area (Å²) >= 11 is 4.21. The molecule has 148 valence electrons. The number of thiol groups is 1. The van der Waals surface area contributed by atoms with Gasteiger partial charge in [0, 0.05) is 10.5 Å². The lowest BCUT2D eigenvalue weighted by molar-refractivity contribution is 0.266. The maximum atomic E-state index is 5.88. The van der Waals surface area contributed by atoms with E-state index in [2.05, 4.69) is 25.8 Å². The van der Waals surface area contributed by atoms with Gasteiger partial charge in [-0.25, -0.2) is 0 Å². The van der Waals surface area contributed by atoms with E-state index >= 15 is 0 Å². The van der Waals surface area contributed by atoms with Gasteiger partial charge in [-0.3, -0.25) is 0 Å². The average molecular weight is 405 g/mol. The van der Waals surface area contributed by atoms with Crippen molar-refractivity contribution in [2.24, 2.45) is 0 Å². The number of benzene rings is 3. The lowest BCUT2D eigenvalue weighted by atomic mass is 10.0. The first kappa shape index (κ1) is 20.6. The van der Waals surface area contributed by atoms with Crippen LogP contribution in [0.1, 0.15) is 12.5 Å². The summed E-state index contributed by atoms with van der Waals surface area (Å²) in [6.07, 6.45) is -0.163. The number of rotatable bonds is 8. The highest BCUT2D eigenvalue weighted by Crippen LogP contribution is 2.27. The molecular formula is C25H24O3S. The van der Waals surface area contributed by atoms with Crippen LogP contribution in [0.2, 0.25) is 0 Å². The Morgan fingerprint density at radius 3 is 1.76 bits per heavy atom. The van der Waals surface area contributed by atoms with E-state index in [1.165, 1.54) is 0 Å². The monoisotopic (exact) mass is 404 g/mol. The molecule has 0 aliphatic heterocycles. The number of hydrogen-bond acceptors (Lipinski definition) is 4. The molecule has 0 saturated carbocycles. The van der Waals surface area contributed by atoms with Crippen LogP contribution in [0.5, 0.6) is 17.2 Å². The fourth-order valence-corrected chi connectivity index (χ4v) is 2.74. The zero-order valence-electron chi connectivity index (χ0n) is 16.6. The molecule has 3 aromatic rings. The summed E-state index contributed by atoms with van der Waals surface area (Å²) in [5.74, 6) is 2.85. The number of ether oxygens (including phenoxy) is 3. The highest BCUT2D eigenvalue weighted by atomic mass is 32.1. The summed E-state index contributed by atoms with van der Waals surface area (Å²) in [4.78, 5) is 0.678. The predicted octanol–water partition coefficient (Wildman–Crippen LogP) is 6.62. The van der Waals surface area contributed by atoms with Gasteiger partial charge in [0.2, 0.25) is 0 Å². The van der Waals surface area contributed by atoms with Gasteiger partial charge in [0.25, 0.3) is 0 Å². The van der Waals surface area contributed by atoms with Crippen molar-refractivity contribution in [1.29, 1.82) is 0 Å². The summed E-state index contributed by atoms with van der Waals surface area (Å²) in [6.45, 7) is 9.72. The predicted molar refractivity (Wildman–Crippen MR) is 123 cm³/mol. The van der Waals surface area contributed by atoms with Crippen molar-refractivity contribution in [1.82, 2.24) is 0 Å². The second-order valence-electron chi connectivity index (χ2n) is 6.55. The van der Waals surface area contributed by atoms with E-state index in [1.54, 1.807) is 7.11 Å². The topological polar surface area (TPSA) is 27.7 Å². The molecule has 1 unspecified atom stereocenters. The minimum absolute atomic E-state index is 0.163. The Hall–Kier alpha value is -3.11. The van der Waals surface area contributed by atoms with E-state index in [0.717, 1.165) is 28.2 Å². The molecule has 1 atom stereocenters. The summed E-state index contributed by atoms with van der Waals surface area (Å²) in [5.41, 5.74) is 3.16. The molecule has 29 heavy (non-hydrogen) atoms. The molecule has 0 saturated heterocycles. The summed E-state index contributed by atoms with van der Waals surface area (Å²) in [5, 5.41) is 0. The van der Waals surface area contributed by atoms with E-state index < -0.39 is 0 Å². The van der Waals surface area contributed by atoms with Gasteiger partial charge < -0.3 is 14.2 Å². The van der Waals surface area contributed by atoms with E-state index in [-0.39, 0.29) is 6.10 Å². The Bertz CT molecular complexity index is 974. The van der Waals surface area contributed by atoms with E-state index in [4.69, 9.17) is 14.2 Å². The SMILES string of the molecule is C=C(Oc1ccc(OC(C)C(=C)S)cc1)c1ccc(-c2ccc(OC)cc2)cc1. The van der Waals surface area contributed by atoms with Crippen LogP contribution in [0, 0.1) is 0 Å². The van der Waals surface area contributed by atoms with Crippen LogP contribution in [0.25, 0.3) is 16.9 Å². The highest BCUT2D eigenvalue weighted by molar-refractivity contribution is 7.84. The standard InChI is InChI=1S/C25H24O3S/c1-17(19(3)29)27-24-13-15-25(16-14-24)28-18(2)20-5-7-21(8-6-20)22-9-11-23(26-4)12-10-22/h5-17,29H,2-3H2,1,4H3. The largest absolute Gasteiger partial charge is 0.497 e.